The minimum atomic E-state index is 0. The summed E-state index contributed by atoms with van der Waals surface area (Å²) in [6.07, 6.45) is 12.6. The first-order chi connectivity index (χ1) is 17.7. The van der Waals surface area contributed by atoms with Crippen molar-refractivity contribution in [2.24, 2.45) is 16.8 Å². The number of aromatic nitrogens is 2. The monoisotopic (exact) mass is 630 g/mol. The number of rotatable bonds is 3. The zero-order valence-electron chi connectivity index (χ0n) is 23.6. The molecule has 0 fully saturated rings. The SMILES string of the molecule is CC(C)(C)c1cc(C2=NC=CC3C=CC=CC23)[n-]n1.CP(C)c1ccccc1.CP(C)c1ccccc1.[Ru+]. The van der Waals surface area contributed by atoms with Crippen molar-refractivity contribution in [2.45, 2.75) is 26.2 Å². The Morgan fingerprint density at radius 3 is 1.71 bits per heavy atom. The summed E-state index contributed by atoms with van der Waals surface area (Å²) in [4.78, 5) is 4.53. The molecule has 0 saturated carbocycles. The normalized spacial score (nSPS) is 17.4. The maximum absolute atomic E-state index is 4.53. The van der Waals surface area contributed by atoms with Gasteiger partial charge in [-0.25, -0.2) is 0 Å². The molecule has 2 unspecified atom stereocenters. The number of benzene rings is 2. The Labute approximate surface area is 245 Å². The zero-order chi connectivity index (χ0) is 26.8. The number of aliphatic imine (C=N–C) groups is 1. The van der Waals surface area contributed by atoms with Crippen LogP contribution in [0.3, 0.4) is 0 Å². The van der Waals surface area contributed by atoms with Crippen molar-refractivity contribution in [3.05, 3.63) is 115 Å². The van der Waals surface area contributed by atoms with Gasteiger partial charge < -0.3 is 10.2 Å². The van der Waals surface area contributed by atoms with Gasteiger partial charge in [0.05, 0.1) is 0 Å². The third-order valence-corrected chi connectivity index (χ3v) is 8.79. The molecule has 38 heavy (non-hydrogen) atoms. The van der Waals surface area contributed by atoms with Gasteiger partial charge in [-0.1, -0.05) is 139 Å². The number of nitrogens with zero attached hydrogens (tertiary/aromatic N) is 3. The molecule has 3 nitrogen and oxygen atoms in total. The van der Waals surface area contributed by atoms with Crippen LogP contribution >= 0.6 is 15.8 Å². The fraction of sp³-hybridized carbons (Fsp3) is 0.312. The van der Waals surface area contributed by atoms with Crippen LogP contribution in [0.4, 0.5) is 0 Å². The van der Waals surface area contributed by atoms with Crippen molar-refractivity contribution < 1.29 is 19.5 Å². The number of hydrogen-bond donors (Lipinski definition) is 0. The molecular weight excluding hydrogens is 589 g/mol. The van der Waals surface area contributed by atoms with Crippen molar-refractivity contribution in [3.8, 4) is 0 Å². The second kappa shape index (κ2) is 15.6. The first kappa shape index (κ1) is 32.2. The summed E-state index contributed by atoms with van der Waals surface area (Å²) >= 11 is 0. The van der Waals surface area contributed by atoms with Crippen LogP contribution in [0.15, 0.2) is 108 Å². The van der Waals surface area contributed by atoms with Crippen LogP contribution in [0.1, 0.15) is 32.2 Å². The van der Waals surface area contributed by atoms with E-state index in [1.54, 1.807) is 0 Å². The minimum Gasteiger partial charge on any atom is -0.574 e. The predicted octanol–water partition coefficient (Wildman–Crippen LogP) is 7.12. The van der Waals surface area contributed by atoms with E-state index in [0.717, 1.165) is 17.1 Å². The molecule has 2 aliphatic rings. The van der Waals surface area contributed by atoms with Gasteiger partial charge in [0.1, 0.15) is 0 Å². The van der Waals surface area contributed by atoms with Gasteiger partial charge in [0.2, 0.25) is 0 Å². The van der Waals surface area contributed by atoms with Crippen LogP contribution in [0, 0.1) is 11.8 Å². The Bertz CT molecular complexity index is 1180. The molecule has 0 saturated heterocycles. The Kier molecular flexibility index (Phi) is 13.2. The van der Waals surface area contributed by atoms with Crippen molar-refractivity contribution in [3.63, 3.8) is 0 Å². The predicted molar refractivity (Wildman–Crippen MR) is 167 cm³/mol. The van der Waals surface area contributed by atoms with Crippen LogP contribution in [-0.2, 0) is 24.9 Å². The molecule has 0 amide bonds. The largest absolute Gasteiger partial charge is 1.00 e. The number of allylic oxidation sites excluding steroid dienone is 5. The van der Waals surface area contributed by atoms with Gasteiger partial charge in [-0.2, -0.15) is 0 Å². The van der Waals surface area contributed by atoms with Crippen molar-refractivity contribution in [2.75, 3.05) is 26.7 Å². The number of hydrogen-bond acceptors (Lipinski definition) is 2. The summed E-state index contributed by atoms with van der Waals surface area (Å²) in [6, 6.07) is 23.3. The smallest absolute Gasteiger partial charge is 0.574 e. The van der Waals surface area contributed by atoms with Crippen LogP contribution < -0.4 is 15.7 Å². The molecule has 1 aliphatic heterocycles. The molecule has 201 valence electrons. The van der Waals surface area contributed by atoms with Gasteiger partial charge in [0, 0.05) is 34.9 Å². The van der Waals surface area contributed by atoms with E-state index in [0.29, 0.717) is 11.8 Å². The molecule has 5 rings (SSSR count). The average molecular weight is 630 g/mol. The maximum atomic E-state index is 4.53. The molecular formula is C32H40N3P2Ru. The van der Waals surface area contributed by atoms with E-state index in [1.165, 1.54) is 10.6 Å². The minimum absolute atomic E-state index is 0. The summed E-state index contributed by atoms with van der Waals surface area (Å²) < 4.78 is 0. The summed E-state index contributed by atoms with van der Waals surface area (Å²) in [6.45, 7) is 15.5. The maximum Gasteiger partial charge on any atom is 1.00 e. The average Bonchev–Trinajstić information content (AvgIpc) is 3.41. The number of fused-ring (bicyclic) bond motifs is 1. The van der Waals surface area contributed by atoms with E-state index in [1.807, 2.05) is 6.20 Å². The second-order valence-corrected chi connectivity index (χ2v) is 15.2. The molecule has 1 aromatic heterocycles. The summed E-state index contributed by atoms with van der Waals surface area (Å²) in [5, 5.41) is 11.6. The molecule has 0 N–H and O–H groups in total. The summed E-state index contributed by atoms with van der Waals surface area (Å²) in [5.41, 5.74) is 2.98. The van der Waals surface area contributed by atoms with E-state index in [-0.39, 0.29) is 40.7 Å². The van der Waals surface area contributed by atoms with E-state index < -0.39 is 0 Å². The third-order valence-electron chi connectivity index (χ3n) is 6.13. The van der Waals surface area contributed by atoms with E-state index in [2.05, 4.69) is 160 Å². The van der Waals surface area contributed by atoms with Gasteiger partial charge >= 0.3 is 19.5 Å². The van der Waals surface area contributed by atoms with E-state index in [4.69, 9.17) is 0 Å². The van der Waals surface area contributed by atoms with Crippen LogP contribution in [0.5, 0.6) is 0 Å². The Morgan fingerprint density at radius 2 is 1.26 bits per heavy atom. The van der Waals surface area contributed by atoms with Crippen LogP contribution in [0.2, 0.25) is 0 Å². The van der Waals surface area contributed by atoms with E-state index >= 15 is 0 Å². The topological polar surface area (TPSA) is 39.4 Å². The molecule has 1 radical (unpaired) electrons. The van der Waals surface area contributed by atoms with Crippen LogP contribution in [0.25, 0.3) is 0 Å². The summed E-state index contributed by atoms with van der Waals surface area (Å²) in [7, 11) is 0.209. The van der Waals surface area contributed by atoms with Crippen molar-refractivity contribution in [1.82, 2.24) is 10.2 Å². The van der Waals surface area contributed by atoms with Crippen LogP contribution in [-0.4, -0.2) is 37.5 Å². The third kappa shape index (κ3) is 9.65. The van der Waals surface area contributed by atoms with Crippen molar-refractivity contribution >= 4 is 32.2 Å². The molecule has 1 aliphatic carbocycles. The quantitative estimate of drug-likeness (QED) is 0.229. The van der Waals surface area contributed by atoms with Gasteiger partial charge in [-0.05, 0) is 37.3 Å². The molecule has 0 bridgehead atoms. The van der Waals surface area contributed by atoms with Gasteiger partial charge in [-0.15, -0.1) is 0 Å². The molecule has 2 atom stereocenters. The fourth-order valence-corrected chi connectivity index (χ4v) is 5.40. The van der Waals surface area contributed by atoms with Crippen molar-refractivity contribution in [1.29, 1.82) is 0 Å². The molecule has 2 heterocycles. The first-order valence-corrected chi connectivity index (χ1v) is 17.2. The second-order valence-electron chi connectivity index (χ2n) is 10.6. The van der Waals surface area contributed by atoms with Gasteiger partial charge in [-0.3, -0.25) is 4.99 Å². The standard InChI is InChI=1S/C16H18N3.2C8H11P.Ru/c1-16(2,3)14-10-13(18-19-14)15-12-7-5-4-6-11(12)8-9-17-15;2*1-9(2)8-6-4-3-5-7-8;/h4-12H,1-3H3;2*3-7H,1-2H3;/q-1;;;+1. The Hall–Kier alpha value is -1.98. The van der Waals surface area contributed by atoms with Gasteiger partial charge in [0.15, 0.2) is 0 Å². The summed E-state index contributed by atoms with van der Waals surface area (Å²) in [5.74, 6) is 0.687. The molecule has 3 aromatic rings. The molecule has 2 aromatic carbocycles. The van der Waals surface area contributed by atoms with Gasteiger partial charge in [0.25, 0.3) is 0 Å². The Morgan fingerprint density at radius 1 is 0.737 bits per heavy atom. The molecule has 0 spiro atoms. The van der Waals surface area contributed by atoms with E-state index in [9.17, 15) is 0 Å². The fourth-order valence-electron chi connectivity index (χ4n) is 3.87. The Balaban J connectivity index is 0.000000224. The first-order valence-electron chi connectivity index (χ1n) is 12.7. The molecule has 6 heteroatoms. The zero-order valence-corrected chi connectivity index (χ0v) is 27.1.